The van der Waals surface area contributed by atoms with Gasteiger partial charge in [-0.3, -0.25) is 4.79 Å². The average molecular weight is 380 g/mol. The van der Waals surface area contributed by atoms with Gasteiger partial charge in [0.15, 0.2) is 0 Å². The predicted molar refractivity (Wildman–Crippen MR) is 106 cm³/mol. The van der Waals surface area contributed by atoms with Crippen LogP contribution in [0.1, 0.15) is 68.6 Å². The summed E-state index contributed by atoms with van der Waals surface area (Å²) < 4.78 is 5.23. The summed E-state index contributed by atoms with van der Waals surface area (Å²) in [5.74, 6) is -0.800. The summed E-state index contributed by atoms with van der Waals surface area (Å²) in [6.07, 6.45) is 11.1. The number of benzene rings is 1. The highest BCUT2D eigenvalue weighted by Crippen LogP contribution is 2.14. The molecule has 0 saturated carbocycles. The molecule has 0 fully saturated rings. The molecule has 1 aromatic carbocycles. The first-order valence-electron chi connectivity index (χ1n) is 9.39. The van der Waals surface area contributed by atoms with Gasteiger partial charge in [-0.05, 0) is 38.3 Å². The van der Waals surface area contributed by atoms with Crippen molar-refractivity contribution in [2.24, 2.45) is 0 Å². The van der Waals surface area contributed by atoms with Crippen LogP contribution in [0.4, 0.5) is 0 Å². The minimum Gasteiger partial charge on any atom is -0.464 e. The number of hydrogen-bond donors (Lipinski definition) is 1. The zero-order chi connectivity index (χ0) is 19.2. The van der Waals surface area contributed by atoms with E-state index in [4.69, 9.17) is 16.3 Å². The van der Waals surface area contributed by atoms with Crippen LogP contribution in [0.15, 0.2) is 36.9 Å². The van der Waals surface area contributed by atoms with Crippen molar-refractivity contribution in [1.29, 1.82) is 0 Å². The molecule has 1 atom stereocenters. The van der Waals surface area contributed by atoms with E-state index in [1.807, 2.05) is 6.08 Å². The molecule has 5 heteroatoms. The molecule has 0 saturated heterocycles. The second-order valence-electron chi connectivity index (χ2n) is 6.39. The largest absolute Gasteiger partial charge is 0.464 e. The van der Waals surface area contributed by atoms with Gasteiger partial charge >= 0.3 is 5.97 Å². The zero-order valence-electron chi connectivity index (χ0n) is 15.6. The number of halogens is 1. The molecule has 0 aliphatic carbocycles. The standard InChI is InChI=1S/C21H30ClNO3/c1-3-4-5-6-7-8-9-10-13-16-26-21(25)17(2)23-20(24)18-14-11-12-15-19(18)22/h3,11-12,14-15,17H,1,4-10,13,16H2,2H3,(H,23,24). The fourth-order valence-corrected chi connectivity index (χ4v) is 2.77. The van der Waals surface area contributed by atoms with Crippen LogP contribution < -0.4 is 5.32 Å². The fraction of sp³-hybridized carbons (Fsp3) is 0.524. The number of allylic oxidation sites excluding steroid dienone is 1. The summed E-state index contributed by atoms with van der Waals surface area (Å²) in [6, 6.07) is 6.02. The van der Waals surface area contributed by atoms with Gasteiger partial charge in [0.25, 0.3) is 5.91 Å². The topological polar surface area (TPSA) is 55.4 Å². The first kappa shape index (κ1) is 22.2. The maximum Gasteiger partial charge on any atom is 0.328 e. The molecular formula is C21H30ClNO3. The molecule has 0 aliphatic rings. The van der Waals surface area contributed by atoms with Crippen molar-refractivity contribution < 1.29 is 14.3 Å². The minimum atomic E-state index is -0.705. The van der Waals surface area contributed by atoms with Crippen LogP contribution in [0.2, 0.25) is 5.02 Å². The fourth-order valence-electron chi connectivity index (χ4n) is 2.55. The Balaban J connectivity index is 2.12. The van der Waals surface area contributed by atoms with E-state index in [9.17, 15) is 9.59 Å². The average Bonchev–Trinajstić information content (AvgIpc) is 2.63. The second kappa shape index (κ2) is 13.4. The van der Waals surface area contributed by atoms with Crippen molar-refractivity contribution >= 4 is 23.5 Å². The molecule has 1 aromatic rings. The van der Waals surface area contributed by atoms with E-state index < -0.39 is 12.0 Å². The van der Waals surface area contributed by atoms with Crippen LogP contribution in [-0.2, 0) is 9.53 Å². The predicted octanol–water partition coefficient (Wildman–Crippen LogP) is 5.31. The third-order valence-corrected chi connectivity index (χ3v) is 4.45. The lowest BCUT2D eigenvalue weighted by Crippen LogP contribution is -2.39. The number of rotatable bonds is 13. The molecule has 1 amide bonds. The second-order valence-corrected chi connectivity index (χ2v) is 6.80. The van der Waals surface area contributed by atoms with Crippen molar-refractivity contribution in [2.45, 2.75) is 64.3 Å². The summed E-state index contributed by atoms with van der Waals surface area (Å²) in [4.78, 5) is 24.1. The lowest BCUT2D eigenvalue weighted by atomic mass is 10.1. The van der Waals surface area contributed by atoms with Crippen molar-refractivity contribution in [1.82, 2.24) is 5.32 Å². The lowest BCUT2D eigenvalue weighted by molar-refractivity contribution is -0.145. The molecule has 26 heavy (non-hydrogen) atoms. The van der Waals surface area contributed by atoms with E-state index in [0.29, 0.717) is 17.2 Å². The summed E-state index contributed by atoms with van der Waals surface area (Å²) in [5, 5.41) is 2.97. The van der Waals surface area contributed by atoms with Gasteiger partial charge in [-0.15, -0.1) is 6.58 Å². The quantitative estimate of drug-likeness (QED) is 0.287. The van der Waals surface area contributed by atoms with Gasteiger partial charge in [0.05, 0.1) is 17.2 Å². The van der Waals surface area contributed by atoms with Crippen LogP contribution in [0.3, 0.4) is 0 Å². The number of ether oxygens (including phenoxy) is 1. The number of carbonyl (C=O) groups excluding carboxylic acids is 2. The van der Waals surface area contributed by atoms with E-state index in [-0.39, 0.29) is 5.91 Å². The number of hydrogen-bond acceptors (Lipinski definition) is 3. The van der Waals surface area contributed by atoms with Gasteiger partial charge in [0.2, 0.25) is 0 Å². The number of esters is 1. The molecule has 144 valence electrons. The highest BCUT2D eigenvalue weighted by atomic mass is 35.5. The SMILES string of the molecule is C=CCCCCCCCCCOC(=O)C(C)NC(=O)c1ccccc1Cl. The van der Waals surface area contributed by atoms with Gasteiger partial charge in [-0.25, -0.2) is 4.79 Å². The molecule has 0 spiro atoms. The Hall–Kier alpha value is -1.81. The number of unbranched alkanes of at least 4 members (excludes halogenated alkanes) is 7. The van der Waals surface area contributed by atoms with Gasteiger partial charge in [0, 0.05) is 0 Å². The number of carbonyl (C=O) groups is 2. The zero-order valence-corrected chi connectivity index (χ0v) is 16.4. The van der Waals surface area contributed by atoms with Crippen molar-refractivity contribution in [3.8, 4) is 0 Å². The van der Waals surface area contributed by atoms with Gasteiger partial charge < -0.3 is 10.1 Å². The number of amides is 1. The van der Waals surface area contributed by atoms with E-state index in [2.05, 4.69) is 11.9 Å². The summed E-state index contributed by atoms with van der Waals surface area (Å²) in [6.45, 7) is 5.72. The van der Waals surface area contributed by atoms with Gasteiger partial charge in [-0.2, -0.15) is 0 Å². The Morgan fingerprint density at radius 2 is 1.73 bits per heavy atom. The first-order chi connectivity index (χ1) is 12.6. The van der Waals surface area contributed by atoms with Crippen LogP contribution in [0, 0.1) is 0 Å². The Morgan fingerprint density at radius 1 is 1.12 bits per heavy atom. The third kappa shape index (κ3) is 9.04. The molecule has 1 N–H and O–H groups in total. The maximum absolute atomic E-state index is 12.1. The van der Waals surface area contributed by atoms with Crippen LogP contribution in [-0.4, -0.2) is 24.5 Å². The smallest absolute Gasteiger partial charge is 0.328 e. The summed E-state index contributed by atoms with van der Waals surface area (Å²) in [5.41, 5.74) is 0.349. The Bertz CT molecular complexity index is 574. The van der Waals surface area contributed by atoms with Crippen LogP contribution >= 0.6 is 11.6 Å². The number of nitrogens with one attached hydrogen (secondary N) is 1. The molecule has 1 rings (SSSR count). The van der Waals surface area contributed by atoms with E-state index in [1.165, 1.54) is 25.7 Å². The van der Waals surface area contributed by atoms with Crippen LogP contribution in [0.5, 0.6) is 0 Å². The third-order valence-electron chi connectivity index (χ3n) is 4.12. The normalized spacial score (nSPS) is 11.6. The monoisotopic (exact) mass is 379 g/mol. The molecule has 0 aromatic heterocycles. The molecule has 0 radical (unpaired) electrons. The van der Waals surface area contributed by atoms with Gasteiger partial charge in [-0.1, -0.05) is 61.9 Å². The van der Waals surface area contributed by atoms with Crippen molar-refractivity contribution in [3.63, 3.8) is 0 Å². The van der Waals surface area contributed by atoms with E-state index in [1.54, 1.807) is 31.2 Å². The van der Waals surface area contributed by atoms with E-state index >= 15 is 0 Å². The lowest BCUT2D eigenvalue weighted by Gasteiger charge is -2.14. The molecule has 4 nitrogen and oxygen atoms in total. The summed E-state index contributed by atoms with van der Waals surface area (Å²) >= 11 is 5.98. The highest BCUT2D eigenvalue weighted by Gasteiger charge is 2.19. The molecule has 0 aliphatic heterocycles. The Morgan fingerprint density at radius 3 is 2.38 bits per heavy atom. The van der Waals surface area contributed by atoms with Crippen molar-refractivity contribution in [3.05, 3.63) is 47.5 Å². The summed E-state index contributed by atoms with van der Waals surface area (Å²) in [7, 11) is 0. The van der Waals surface area contributed by atoms with Gasteiger partial charge in [0.1, 0.15) is 6.04 Å². The highest BCUT2D eigenvalue weighted by molar-refractivity contribution is 6.33. The molecule has 0 bridgehead atoms. The first-order valence-corrected chi connectivity index (χ1v) is 9.77. The molecule has 1 unspecified atom stereocenters. The Kier molecular flexibility index (Phi) is 11.5. The molecule has 0 heterocycles. The molecular weight excluding hydrogens is 350 g/mol. The minimum absolute atomic E-state index is 0.349. The van der Waals surface area contributed by atoms with Crippen LogP contribution in [0.25, 0.3) is 0 Å². The van der Waals surface area contributed by atoms with Crippen molar-refractivity contribution in [2.75, 3.05) is 6.61 Å². The maximum atomic E-state index is 12.1. The Labute approximate surface area is 162 Å². The van der Waals surface area contributed by atoms with E-state index in [0.717, 1.165) is 25.7 Å².